The standard InChI is InChI=1S/C16H20O3/c1-11-4-3-5-14(17)10-15(11)12-6-8-13(9-7-12)16(18)19-2/h6-9,11,15H,3-5,10H2,1-2H3. The number of ether oxygens (including phenoxy) is 1. The Morgan fingerprint density at radius 3 is 2.58 bits per heavy atom. The van der Waals surface area contributed by atoms with Crippen LogP contribution in [0, 0.1) is 5.92 Å². The average molecular weight is 260 g/mol. The zero-order valence-corrected chi connectivity index (χ0v) is 11.5. The van der Waals surface area contributed by atoms with Gasteiger partial charge in [-0.15, -0.1) is 0 Å². The topological polar surface area (TPSA) is 43.4 Å². The van der Waals surface area contributed by atoms with Crippen molar-refractivity contribution in [2.24, 2.45) is 5.92 Å². The summed E-state index contributed by atoms with van der Waals surface area (Å²) in [4.78, 5) is 23.2. The van der Waals surface area contributed by atoms with Crippen LogP contribution in [0.25, 0.3) is 0 Å². The summed E-state index contributed by atoms with van der Waals surface area (Å²) in [6, 6.07) is 7.46. The van der Waals surface area contributed by atoms with E-state index in [4.69, 9.17) is 0 Å². The van der Waals surface area contributed by atoms with E-state index in [9.17, 15) is 9.59 Å². The molecule has 2 atom stereocenters. The Balaban J connectivity index is 2.20. The summed E-state index contributed by atoms with van der Waals surface area (Å²) in [6.07, 6.45) is 3.42. The molecule has 0 aliphatic heterocycles. The van der Waals surface area contributed by atoms with Crippen LogP contribution in [0.1, 0.15) is 54.4 Å². The van der Waals surface area contributed by atoms with Gasteiger partial charge in [0.05, 0.1) is 12.7 Å². The summed E-state index contributed by atoms with van der Waals surface area (Å²) in [5, 5.41) is 0. The van der Waals surface area contributed by atoms with Crippen molar-refractivity contribution in [1.82, 2.24) is 0 Å². The number of carbonyl (C=O) groups is 2. The van der Waals surface area contributed by atoms with Gasteiger partial charge in [-0.1, -0.05) is 19.1 Å². The van der Waals surface area contributed by atoms with Crippen LogP contribution >= 0.6 is 0 Å². The molecule has 0 N–H and O–H groups in total. The highest BCUT2D eigenvalue weighted by atomic mass is 16.5. The van der Waals surface area contributed by atoms with E-state index in [1.807, 2.05) is 12.1 Å². The van der Waals surface area contributed by atoms with Gasteiger partial charge >= 0.3 is 5.97 Å². The van der Waals surface area contributed by atoms with E-state index in [0.717, 1.165) is 18.4 Å². The summed E-state index contributed by atoms with van der Waals surface area (Å²) in [7, 11) is 1.38. The largest absolute Gasteiger partial charge is 0.465 e. The van der Waals surface area contributed by atoms with E-state index in [1.165, 1.54) is 7.11 Å². The lowest BCUT2D eigenvalue weighted by Gasteiger charge is -2.21. The number of methoxy groups -OCH3 is 1. The van der Waals surface area contributed by atoms with Crippen LogP contribution in [0.15, 0.2) is 24.3 Å². The highest BCUT2D eigenvalue weighted by molar-refractivity contribution is 5.89. The summed E-state index contributed by atoms with van der Waals surface area (Å²) in [5.41, 5.74) is 1.70. The third kappa shape index (κ3) is 3.22. The molecule has 1 aromatic carbocycles. The Labute approximate surface area is 114 Å². The van der Waals surface area contributed by atoms with Crippen LogP contribution in [0.3, 0.4) is 0 Å². The first-order valence-corrected chi connectivity index (χ1v) is 6.81. The molecule has 2 unspecified atom stereocenters. The molecule has 19 heavy (non-hydrogen) atoms. The number of carbonyl (C=O) groups excluding carboxylic acids is 2. The van der Waals surface area contributed by atoms with E-state index in [-0.39, 0.29) is 11.9 Å². The molecule has 1 fully saturated rings. The van der Waals surface area contributed by atoms with Crippen LogP contribution in [0.4, 0.5) is 0 Å². The van der Waals surface area contributed by atoms with Gasteiger partial charge in [0.1, 0.15) is 5.78 Å². The van der Waals surface area contributed by atoms with Crippen LogP contribution in [0.2, 0.25) is 0 Å². The van der Waals surface area contributed by atoms with Crippen LogP contribution in [-0.2, 0) is 9.53 Å². The SMILES string of the molecule is COC(=O)c1ccc(C2CC(=O)CCCC2C)cc1. The van der Waals surface area contributed by atoms with Crippen molar-refractivity contribution in [1.29, 1.82) is 0 Å². The lowest BCUT2D eigenvalue weighted by molar-refractivity contribution is -0.119. The minimum Gasteiger partial charge on any atom is -0.465 e. The molecule has 3 nitrogen and oxygen atoms in total. The van der Waals surface area contributed by atoms with E-state index >= 15 is 0 Å². The second-order valence-electron chi connectivity index (χ2n) is 5.33. The summed E-state index contributed by atoms with van der Waals surface area (Å²) in [5.74, 6) is 0.819. The van der Waals surface area contributed by atoms with E-state index in [0.29, 0.717) is 30.1 Å². The van der Waals surface area contributed by atoms with Crippen molar-refractivity contribution in [2.45, 2.75) is 38.5 Å². The maximum absolute atomic E-state index is 11.8. The van der Waals surface area contributed by atoms with Gasteiger partial charge in [0.25, 0.3) is 0 Å². The number of Topliss-reactive ketones (excluding diaryl/α,β-unsaturated/α-hetero) is 1. The molecule has 0 radical (unpaired) electrons. The van der Waals surface area contributed by atoms with Gasteiger partial charge in [-0.2, -0.15) is 0 Å². The average Bonchev–Trinajstić information content (AvgIpc) is 2.60. The Morgan fingerprint density at radius 1 is 1.26 bits per heavy atom. The number of hydrogen-bond donors (Lipinski definition) is 0. The zero-order valence-electron chi connectivity index (χ0n) is 11.5. The van der Waals surface area contributed by atoms with Crippen molar-refractivity contribution >= 4 is 11.8 Å². The molecule has 1 saturated carbocycles. The Hall–Kier alpha value is -1.64. The van der Waals surface area contributed by atoms with Crippen molar-refractivity contribution in [3.63, 3.8) is 0 Å². The van der Waals surface area contributed by atoms with E-state index in [1.54, 1.807) is 12.1 Å². The molecule has 0 heterocycles. The fourth-order valence-corrected chi connectivity index (χ4v) is 2.80. The first-order valence-electron chi connectivity index (χ1n) is 6.81. The predicted molar refractivity (Wildman–Crippen MR) is 73.2 cm³/mol. The molecule has 0 saturated heterocycles. The zero-order chi connectivity index (χ0) is 13.8. The number of benzene rings is 1. The number of rotatable bonds is 2. The maximum Gasteiger partial charge on any atom is 0.337 e. The molecular formula is C16H20O3. The van der Waals surface area contributed by atoms with Gasteiger partial charge in [-0.25, -0.2) is 4.79 Å². The van der Waals surface area contributed by atoms with Crippen LogP contribution in [0.5, 0.6) is 0 Å². The van der Waals surface area contributed by atoms with Crippen molar-refractivity contribution in [2.75, 3.05) is 7.11 Å². The van der Waals surface area contributed by atoms with Crippen LogP contribution < -0.4 is 0 Å². The molecule has 0 amide bonds. The second kappa shape index (κ2) is 6.00. The summed E-state index contributed by atoms with van der Waals surface area (Å²) >= 11 is 0. The molecule has 102 valence electrons. The van der Waals surface area contributed by atoms with Gasteiger partial charge in [0.15, 0.2) is 0 Å². The molecule has 0 aromatic heterocycles. The third-order valence-corrected chi connectivity index (χ3v) is 4.01. The summed E-state index contributed by atoms with van der Waals surface area (Å²) in [6.45, 7) is 2.21. The van der Waals surface area contributed by atoms with Crippen molar-refractivity contribution in [3.05, 3.63) is 35.4 Å². The molecule has 1 aliphatic rings. The molecule has 1 aromatic rings. The van der Waals surface area contributed by atoms with Gasteiger partial charge in [-0.3, -0.25) is 4.79 Å². The fourth-order valence-electron chi connectivity index (χ4n) is 2.80. The lowest BCUT2D eigenvalue weighted by atomic mass is 9.83. The minimum absolute atomic E-state index is 0.279. The Morgan fingerprint density at radius 2 is 1.95 bits per heavy atom. The minimum atomic E-state index is -0.323. The van der Waals surface area contributed by atoms with Crippen molar-refractivity contribution < 1.29 is 14.3 Å². The van der Waals surface area contributed by atoms with Gasteiger partial charge in [0, 0.05) is 12.8 Å². The monoisotopic (exact) mass is 260 g/mol. The van der Waals surface area contributed by atoms with Gasteiger partial charge in [-0.05, 0) is 42.4 Å². The first-order chi connectivity index (χ1) is 9.11. The lowest BCUT2D eigenvalue weighted by Crippen LogP contribution is -2.11. The Bertz CT molecular complexity index is 461. The molecular weight excluding hydrogens is 240 g/mol. The third-order valence-electron chi connectivity index (χ3n) is 4.01. The maximum atomic E-state index is 11.8. The molecule has 0 bridgehead atoms. The number of hydrogen-bond acceptors (Lipinski definition) is 3. The fraction of sp³-hybridized carbons (Fsp3) is 0.500. The highest BCUT2D eigenvalue weighted by Gasteiger charge is 2.25. The van der Waals surface area contributed by atoms with Crippen molar-refractivity contribution in [3.8, 4) is 0 Å². The van der Waals surface area contributed by atoms with E-state index < -0.39 is 0 Å². The molecule has 1 aliphatic carbocycles. The first kappa shape index (κ1) is 13.8. The molecule has 0 spiro atoms. The number of esters is 1. The molecule has 2 rings (SSSR count). The Kier molecular flexibility index (Phi) is 4.35. The quantitative estimate of drug-likeness (QED) is 0.605. The van der Waals surface area contributed by atoms with E-state index in [2.05, 4.69) is 11.7 Å². The number of ketones is 1. The van der Waals surface area contributed by atoms with Gasteiger partial charge in [0.2, 0.25) is 0 Å². The van der Waals surface area contributed by atoms with Crippen LogP contribution in [-0.4, -0.2) is 18.9 Å². The van der Waals surface area contributed by atoms with Gasteiger partial charge < -0.3 is 4.74 Å². The smallest absolute Gasteiger partial charge is 0.337 e. The predicted octanol–water partition coefficient (Wildman–Crippen LogP) is 3.34. The summed E-state index contributed by atoms with van der Waals surface area (Å²) < 4.78 is 4.69. The normalized spacial score (nSPS) is 23.8. The highest BCUT2D eigenvalue weighted by Crippen LogP contribution is 2.35. The second-order valence-corrected chi connectivity index (χ2v) is 5.33. The molecule has 3 heteroatoms.